The molecule has 7 nitrogen and oxygen atoms in total. The number of aromatic carboxylic acids is 1. The van der Waals surface area contributed by atoms with Crippen LogP contribution in [0.3, 0.4) is 0 Å². The van der Waals surface area contributed by atoms with Crippen LogP contribution in [0.25, 0.3) is 0 Å². The minimum Gasteiger partial charge on any atom is -0.478 e. The summed E-state index contributed by atoms with van der Waals surface area (Å²) < 4.78 is 0. The number of pyridine rings is 1. The lowest BCUT2D eigenvalue weighted by Crippen LogP contribution is -2.49. The van der Waals surface area contributed by atoms with Crippen LogP contribution in [0.15, 0.2) is 12.1 Å². The summed E-state index contributed by atoms with van der Waals surface area (Å²) in [7, 11) is 0. The number of carboxylic acid groups (broad SMARTS) is 1. The summed E-state index contributed by atoms with van der Waals surface area (Å²) in [6.45, 7) is 6.62. The highest BCUT2D eigenvalue weighted by Crippen LogP contribution is 2.24. The fraction of sp³-hybridized carbons (Fsp3) is 0.579. The Balaban J connectivity index is 2.10. The lowest BCUT2D eigenvalue weighted by atomic mass is 9.92. The summed E-state index contributed by atoms with van der Waals surface area (Å²) >= 11 is 0. The molecule has 0 aliphatic carbocycles. The number of carboxylic acids is 1. The van der Waals surface area contributed by atoms with Crippen molar-refractivity contribution in [1.29, 1.82) is 0 Å². The van der Waals surface area contributed by atoms with Gasteiger partial charge in [-0.1, -0.05) is 13.3 Å². The maximum atomic E-state index is 12.9. The van der Waals surface area contributed by atoms with Crippen LogP contribution in [-0.4, -0.2) is 51.9 Å². The van der Waals surface area contributed by atoms with E-state index in [0.717, 1.165) is 25.7 Å². The van der Waals surface area contributed by atoms with Crippen molar-refractivity contribution < 1.29 is 19.5 Å². The number of hydrogen-bond acceptors (Lipinski definition) is 4. The van der Waals surface area contributed by atoms with Gasteiger partial charge in [-0.3, -0.25) is 9.59 Å². The highest BCUT2D eigenvalue weighted by molar-refractivity contribution is 5.95. The molecule has 7 heteroatoms. The van der Waals surface area contributed by atoms with E-state index in [4.69, 9.17) is 5.11 Å². The maximum Gasteiger partial charge on any atom is 0.337 e. The zero-order valence-corrected chi connectivity index (χ0v) is 15.6. The van der Waals surface area contributed by atoms with Crippen LogP contribution in [0.5, 0.6) is 0 Å². The van der Waals surface area contributed by atoms with Gasteiger partial charge >= 0.3 is 5.97 Å². The third kappa shape index (κ3) is 4.59. The number of nitrogens with zero attached hydrogens (tertiary/aromatic N) is 2. The summed E-state index contributed by atoms with van der Waals surface area (Å²) in [5, 5.41) is 12.0. The van der Waals surface area contributed by atoms with Crippen LogP contribution in [0.1, 0.15) is 66.1 Å². The van der Waals surface area contributed by atoms with E-state index in [9.17, 15) is 14.4 Å². The SMILES string of the molecule is CCCCNC(=O)C1CCC(C)N(C(=O)c2ccc(C(=O)O)c(C)n2)C1. The lowest BCUT2D eigenvalue weighted by molar-refractivity contribution is -0.126. The molecule has 0 bridgehead atoms. The summed E-state index contributed by atoms with van der Waals surface area (Å²) in [5.41, 5.74) is 0.606. The van der Waals surface area contributed by atoms with Gasteiger partial charge in [0.2, 0.25) is 5.91 Å². The molecule has 1 fully saturated rings. The molecule has 2 amide bonds. The van der Waals surface area contributed by atoms with Gasteiger partial charge in [0.1, 0.15) is 5.69 Å². The van der Waals surface area contributed by atoms with Crippen molar-refractivity contribution in [1.82, 2.24) is 15.2 Å². The predicted octanol–water partition coefficient (Wildman–Crippen LogP) is 2.25. The summed E-state index contributed by atoms with van der Waals surface area (Å²) in [4.78, 5) is 42.1. The number of carbonyl (C=O) groups is 3. The largest absolute Gasteiger partial charge is 0.478 e. The second kappa shape index (κ2) is 8.78. The number of aromatic nitrogens is 1. The Morgan fingerprint density at radius 3 is 2.65 bits per heavy atom. The maximum absolute atomic E-state index is 12.9. The molecular weight excluding hydrogens is 334 g/mol. The minimum atomic E-state index is -1.07. The average Bonchev–Trinajstić information content (AvgIpc) is 2.61. The summed E-state index contributed by atoms with van der Waals surface area (Å²) in [6, 6.07) is 2.86. The molecular formula is C19H27N3O4. The standard InChI is InChI=1S/C19H27N3O4/c1-4-5-10-20-17(23)14-7-6-12(2)22(11-14)18(24)16-9-8-15(19(25)26)13(3)21-16/h8-9,12,14H,4-7,10-11H2,1-3H3,(H,20,23)(H,25,26). The van der Waals surface area contributed by atoms with E-state index >= 15 is 0 Å². The number of unbranched alkanes of at least 4 members (excludes halogenated alkanes) is 1. The van der Waals surface area contributed by atoms with Gasteiger partial charge in [-0.15, -0.1) is 0 Å². The Bertz CT molecular complexity index is 689. The average molecular weight is 361 g/mol. The highest BCUT2D eigenvalue weighted by atomic mass is 16.4. The molecule has 0 spiro atoms. The topological polar surface area (TPSA) is 99.6 Å². The van der Waals surface area contributed by atoms with E-state index in [1.54, 1.807) is 11.8 Å². The molecule has 1 aromatic rings. The first-order chi connectivity index (χ1) is 12.3. The van der Waals surface area contributed by atoms with Crippen LogP contribution in [0.2, 0.25) is 0 Å². The number of amides is 2. The summed E-state index contributed by atoms with van der Waals surface area (Å²) in [6.07, 6.45) is 3.47. The normalized spacial score (nSPS) is 19.9. The molecule has 0 saturated carbocycles. The fourth-order valence-corrected chi connectivity index (χ4v) is 3.19. The van der Waals surface area contributed by atoms with Crippen LogP contribution >= 0.6 is 0 Å². The zero-order chi connectivity index (χ0) is 19.3. The van der Waals surface area contributed by atoms with Crippen molar-refractivity contribution in [3.63, 3.8) is 0 Å². The number of rotatable bonds is 6. The third-order valence-electron chi connectivity index (χ3n) is 4.88. The molecule has 142 valence electrons. The molecule has 1 saturated heterocycles. The molecule has 2 unspecified atom stereocenters. The zero-order valence-electron chi connectivity index (χ0n) is 15.6. The Labute approximate surface area is 153 Å². The quantitative estimate of drug-likeness (QED) is 0.757. The first-order valence-corrected chi connectivity index (χ1v) is 9.14. The van der Waals surface area contributed by atoms with Crippen LogP contribution in [0, 0.1) is 12.8 Å². The molecule has 1 aliphatic heterocycles. The van der Waals surface area contributed by atoms with E-state index in [1.165, 1.54) is 12.1 Å². The number of likely N-dealkylation sites (tertiary alicyclic amines) is 1. The molecule has 0 radical (unpaired) electrons. The number of aryl methyl sites for hydroxylation is 1. The van der Waals surface area contributed by atoms with Crippen molar-refractivity contribution in [3.8, 4) is 0 Å². The van der Waals surface area contributed by atoms with Crippen molar-refractivity contribution in [2.24, 2.45) is 5.92 Å². The van der Waals surface area contributed by atoms with Gasteiger partial charge in [0.05, 0.1) is 17.2 Å². The Morgan fingerprint density at radius 2 is 2.04 bits per heavy atom. The third-order valence-corrected chi connectivity index (χ3v) is 4.88. The van der Waals surface area contributed by atoms with Crippen LogP contribution in [-0.2, 0) is 4.79 Å². The number of nitrogens with one attached hydrogen (secondary N) is 1. The molecule has 2 N–H and O–H groups in total. The Morgan fingerprint density at radius 1 is 1.31 bits per heavy atom. The second-order valence-corrected chi connectivity index (χ2v) is 6.86. The lowest BCUT2D eigenvalue weighted by Gasteiger charge is -2.37. The molecule has 2 atom stereocenters. The predicted molar refractivity (Wildman–Crippen MR) is 97.1 cm³/mol. The number of piperidine rings is 1. The molecule has 0 aromatic carbocycles. The van der Waals surface area contributed by atoms with Gasteiger partial charge in [-0.25, -0.2) is 9.78 Å². The van der Waals surface area contributed by atoms with Gasteiger partial charge in [0, 0.05) is 19.1 Å². The van der Waals surface area contributed by atoms with Crippen LogP contribution < -0.4 is 5.32 Å². The van der Waals surface area contributed by atoms with Gasteiger partial charge in [0.15, 0.2) is 0 Å². The molecule has 1 aliphatic rings. The van der Waals surface area contributed by atoms with Gasteiger partial charge in [-0.05, 0) is 45.2 Å². The fourth-order valence-electron chi connectivity index (χ4n) is 3.19. The number of carbonyl (C=O) groups excluding carboxylic acids is 2. The van der Waals surface area contributed by atoms with Gasteiger partial charge < -0.3 is 15.3 Å². The molecule has 2 heterocycles. The van der Waals surface area contributed by atoms with E-state index in [-0.39, 0.29) is 35.0 Å². The summed E-state index contributed by atoms with van der Waals surface area (Å²) in [5.74, 6) is -1.55. The van der Waals surface area contributed by atoms with E-state index in [0.29, 0.717) is 18.8 Å². The van der Waals surface area contributed by atoms with Crippen molar-refractivity contribution >= 4 is 17.8 Å². The van der Waals surface area contributed by atoms with E-state index in [1.807, 2.05) is 6.92 Å². The molecule has 2 rings (SSSR count). The minimum absolute atomic E-state index is 0.00600. The van der Waals surface area contributed by atoms with Crippen molar-refractivity contribution in [2.75, 3.05) is 13.1 Å². The second-order valence-electron chi connectivity index (χ2n) is 6.86. The van der Waals surface area contributed by atoms with Crippen molar-refractivity contribution in [3.05, 3.63) is 29.1 Å². The van der Waals surface area contributed by atoms with Gasteiger partial charge in [0.25, 0.3) is 5.91 Å². The first-order valence-electron chi connectivity index (χ1n) is 9.14. The molecule has 1 aromatic heterocycles. The number of hydrogen-bond donors (Lipinski definition) is 2. The Hall–Kier alpha value is -2.44. The van der Waals surface area contributed by atoms with Gasteiger partial charge in [-0.2, -0.15) is 0 Å². The van der Waals surface area contributed by atoms with E-state index < -0.39 is 5.97 Å². The van der Waals surface area contributed by atoms with Crippen molar-refractivity contribution in [2.45, 2.75) is 52.5 Å². The molecule has 26 heavy (non-hydrogen) atoms. The first kappa shape index (κ1) is 19.9. The van der Waals surface area contributed by atoms with E-state index in [2.05, 4.69) is 17.2 Å². The highest BCUT2D eigenvalue weighted by Gasteiger charge is 2.33. The smallest absolute Gasteiger partial charge is 0.337 e. The van der Waals surface area contributed by atoms with Crippen LogP contribution in [0.4, 0.5) is 0 Å². The monoisotopic (exact) mass is 361 g/mol. The Kier molecular flexibility index (Phi) is 6.71.